The van der Waals surface area contributed by atoms with Crippen molar-refractivity contribution in [3.05, 3.63) is 29.3 Å². The third-order valence-corrected chi connectivity index (χ3v) is 5.60. The summed E-state index contributed by atoms with van der Waals surface area (Å²) in [6, 6.07) is 7.76. The maximum Gasteiger partial charge on any atom is 0.121 e. The molecule has 3 fully saturated rings. The highest BCUT2D eigenvalue weighted by Crippen LogP contribution is 2.61. The molecule has 0 radical (unpaired) electrons. The summed E-state index contributed by atoms with van der Waals surface area (Å²) in [5.74, 6) is 3.21. The quantitative estimate of drug-likeness (QED) is 0.746. The fourth-order valence-electron chi connectivity index (χ4n) is 3.97. The summed E-state index contributed by atoms with van der Waals surface area (Å²) < 4.78 is 6.16. The Bertz CT molecular complexity index is 454. The molecule has 4 rings (SSSR count). The van der Waals surface area contributed by atoms with Gasteiger partial charge in [0.15, 0.2) is 0 Å². The topological polar surface area (TPSA) is 9.23 Å². The van der Waals surface area contributed by atoms with Crippen LogP contribution in [-0.4, -0.2) is 6.10 Å². The van der Waals surface area contributed by atoms with Crippen LogP contribution in [0.1, 0.15) is 33.6 Å². The van der Waals surface area contributed by atoms with Crippen molar-refractivity contribution in [2.75, 3.05) is 0 Å². The van der Waals surface area contributed by atoms with Gasteiger partial charge in [0.05, 0.1) is 0 Å². The van der Waals surface area contributed by atoms with E-state index >= 15 is 0 Å². The van der Waals surface area contributed by atoms with Crippen LogP contribution in [0.15, 0.2) is 24.3 Å². The van der Waals surface area contributed by atoms with Gasteiger partial charge in [-0.05, 0) is 54.2 Å². The number of rotatable bonds is 2. The van der Waals surface area contributed by atoms with Gasteiger partial charge in [-0.3, -0.25) is 0 Å². The summed E-state index contributed by atoms with van der Waals surface area (Å²) in [6.45, 7) is 7.17. The minimum absolute atomic E-state index is 0.361. The molecule has 1 aromatic carbocycles. The lowest BCUT2D eigenvalue weighted by atomic mass is 9.45. The summed E-state index contributed by atoms with van der Waals surface area (Å²) in [7, 11) is 0. The van der Waals surface area contributed by atoms with Gasteiger partial charge in [0.1, 0.15) is 11.9 Å². The monoisotopic (exact) mass is 264 g/mol. The Balaban J connectivity index is 1.72. The Morgan fingerprint density at radius 1 is 1.28 bits per heavy atom. The van der Waals surface area contributed by atoms with Crippen LogP contribution < -0.4 is 4.74 Å². The Morgan fingerprint density at radius 2 is 2.06 bits per heavy atom. The van der Waals surface area contributed by atoms with Gasteiger partial charge in [-0.2, -0.15) is 0 Å². The van der Waals surface area contributed by atoms with Gasteiger partial charge < -0.3 is 4.74 Å². The maximum atomic E-state index is 6.16. The van der Waals surface area contributed by atoms with Crippen molar-refractivity contribution in [2.45, 2.75) is 39.7 Å². The number of ether oxygens (including phenoxy) is 1. The largest absolute Gasteiger partial charge is 0.490 e. The van der Waals surface area contributed by atoms with Crippen LogP contribution in [0.4, 0.5) is 0 Å². The van der Waals surface area contributed by atoms with E-state index in [0.29, 0.717) is 17.4 Å². The molecule has 98 valence electrons. The molecule has 3 aliphatic rings. The number of hydrogen-bond acceptors (Lipinski definition) is 1. The fraction of sp³-hybridized carbons (Fsp3) is 0.625. The smallest absolute Gasteiger partial charge is 0.121 e. The van der Waals surface area contributed by atoms with E-state index in [9.17, 15) is 0 Å². The summed E-state index contributed by atoms with van der Waals surface area (Å²) in [5, 5.41) is 0.751. The highest BCUT2D eigenvalue weighted by atomic mass is 35.5. The third kappa shape index (κ3) is 1.84. The van der Waals surface area contributed by atoms with Crippen molar-refractivity contribution in [3.8, 4) is 5.75 Å². The Labute approximate surface area is 114 Å². The van der Waals surface area contributed by atoms with Crippen LogP contribution in [-0.2, 0) is 0 Å². The Hall–Kier alpha value is -0.690. The molecule has 1 nitrogen and oxygen atoms in total. The molecule has 18 heavy (non-hydrogen) atoms. The lowest BCUT2D eigenvalue weighted by molar-refractivity contribution is -0.147. The Morgan fingerprint density at radius 3 is 2.67 bits per heavy atom. The molecule has 0 aromatic heterocycles. The molecular formula is C16H21ClO. The number of benzene rings is 1. The van der Waals surface area contributed by atoms with Gasteiger partial charge >= 0.3 is 0 Å². The van der Waals surface area contributed by atoms with Crippen molar-refractivity contribution in [3.63, 3.8) is 0 Å². The number of fused-ring (bicyclic) bond motifs is 2. The molecule has 0 aliphatic heterocycles. The second-order valence-electron chi connectivity index (χ2n) is 6.57. The van der Waals surface area contributed by atoms with Gasteiger partial charge in [0.2, 0.25) is 0 Å². The molecule has 0 unspecified atom stereocenters. The predicted octanol–water partition coefficient (Wildman–Crippen LogP) is 4.79. The van der Waals surface area contributed by atoms with Gasteiger partial charge in [-0.15, -0.1) is 0 Å². The van der Waals surface area contributed by atoms with Crippen LogP contribution in [0.2, 0.25) is 5.02 Å². The summed E-state index contributed by atoms with van der Waals surface area (Å²) in [6.07, 6.45) is 2.95. The van der Waals surface area contributed by atoms with Gasteiger partial charge in [0, 0.05) is 5.02 Å². The standard InChI is InChI=1S/C16H21ClO/c1-10-14-7-11(16(14,2)3)8-15(10)18-13-6-4-5-12(17)9-13/h4-6,9-11,14-15H,7-8H2,1-3H3/t10-,11+,14-,15+/m0/s1. The highest BCUT2D eigenvalue weighted by molar-refractivity contribution is 6.30. The van der Waals surface area contributed by atoms with E-state index in [0.717, 1.165) is 22.6 Å². The minimum atomic E-state index is 0.361. The van der Waals surface area contributed by atoms with E-state index in [-0.39, 0.29) is 0 Å². The number of halogens is 1. The molecule has 0 amide bonds. The zero-order valence-electron chi connectivity index (χ0n) is 11.3. The van der Waals surface area contributed by atoms with Crippen LogP contribution in [0.5, 0.6) is 5.75 Å². The molecule has 0 spiro atoms. The highest BCUT2D eigenvalue weighted by Gasteiger charge is 2.56. The van der Waals surface area contributed by atoms with Crippen LogP contribution in [0.3, 0.4) is 0 Å². The molecule has 3 saturated carbocycles. The predicted molar refractivity (Wildman–Crippen MR) is 75.0 cm³/mol. The molecule has 3 aliphatic carbocycles. The van der Waals surface area contributed by atoms with Crippen molar-refractivity contribution in [1.82, 2.24) is 0 Å². The molecule has 0 heterocycles. The van der Waals surface area contributed by atoms with E-state index in [1.54, 1.807) is 0 Å². The zero-order chi connectivity index (χ0) is 12.9. The SMILES string of the molecule is C[C@@H]1[C@H](Oc2cccc(Cl)c2)C[C@H]2C[C@@H]1C2(C)C. The van der Waals surface area contributed by atoms with Crippen molar-refractivity contribution in [2.24, 2.45) is 23.2 Å². The summed E-state index contributed by atoms with van der Waals surface area (Å²) in [4.78, 5) is 0. The average Bonchev–Trinajstić information content (AvgIpc) is 2.31. The lowest BCUT2D eigenvalue weighted by Gasteiger charge is -2.61. The summed E-state index contributed by atoms with van der Waals surface area (Å²) >= 11 is 6.00. The first-order valence-corrected chi connectivity index (χ1v) is 7.28. The van der Waals surface area contributed by atoms with Gasteiger partial charge in [0.25, 0.3) is 0 Å². The molecule has 4 atom stereocenters. The first-order chi connectivity index (χ1) is 8.48. The summed E-state index contributed by atoms with van der Waals surface area (Å²) in [5.41, 5.74) is 0.521. The molecule has 1 aromatic rings. The van der Waals surface area contributed by atoms with Crippen molar-refractivity contribution < 1.29 is 4.74 Å². The molecule has 0 saturated heterocycles. The first kappa shape index (κ1) is 12.3. The normalized spacial score (nSPS) is 36.9. The lowest BCUT2D eigenvalue weighted by Crippen LogP contribution is -2.57. The van der Waals surface area contributed by atoms with Gasteiger partial charge in [-0.25, -0.2) is 0 Å². The van der Waals surface area contributed by atoms with Gasteiger partial charge in [-0.1, -0.05) is 38.4 Å². The average molecular weight is 265 g/mol. The Kier molecular flexibility index (Phi) is 2.85. The maximum absolute atomic E-state index is 6.16. The van der Waals surface area contributed by atoms with Crippen molar-refractivity contribution in [1.29, 1.82) is 0 Å². The second kappa shape index (κ2) is 4.16. The molecule has 2 bridgehead atoms. The number of hydrogen-bond donors (Lipinski definition) is 0. The zero-order valence-corrected chi connectivity index (χ0v) is 12.1. The van der Waals surface area contributed by atoms with Crippen LogP contribution in [0.25, 0.3) is 0 Å². The van der Waals surface area contributed by atoms with Crippen LogP contribution >= 0.6 is 11.6 Å². The van der Waals surface area contributed by atoms with E-state index < -0.39 is 0 Å². The molecule has 0 N–H and O–H groups in total. The van der Waals surface area contributed by atoms with Crippen molar-refractivity contribution >= 4 is 11.6 Å². The molecule has 2 heteroatoms. The van der Waals surface area contributed by atoms with E-state index in [1.807, 2.05) is 24.3 Å². The molecular weight excluding hydrogens is 244 g/mol. The third-order valence-electron chi connectivity index (χ3n) is 5.37. The first-order valence-electron chi connectivity index (χ1n) is 6.90. The van der Waals surface area contributed by atoms with E-state index in [1.165, 1.54) is 12.8 Å². The van der Waals surface area contributed by atoms with E-state index in [2.05, 4.69) is 20.8 Å². The van der Waals surface area contributed by atoms with E-state index in [4.69, 9.17) is 16.3 Å². The fourth-order valence-corrected chi connectivity index (χ4v) is 4.15. The van der Waals surface area contributed by atoms with Crippen LogP contribution in [0, 0.1) is 23.2 Å². The minimum Gasteiger partial charge on any atom is -0.490 e. The second-order valence-corrected chi connectivity index (χ2v) is 7.01.